The highest BCUT2D eigenvalue weighted by atomic mass is 16.1. The first-order valence-electron chi connectivity index (χ1n) is 6.63. The monoisotopic (exact) mass is 250 g/mol. The minimum absolute atomic E-state index is 0.160. The van der Waals surface area contributed by atoms with E-state index in [1.54, 1.807) is 17.9 Å². The molecule has 0 aliphatic heterocycles. The van der Waals surface area contributed by atoms with E-state index in [2.05, 4.69) is 17.3 Å². The SMILES string of the molecule is CC1CCC(CNC(=O)c2nn(C)cc2N)CC1. The highest BCUT2D eigenvalue weighted by molar-refractivity contribution is 5.96. The fraction of sp³-hybridized carbons (Fsp3) is 0.692. The maximum atomic E-state index is 11.9. The zero-order chi connectivity index (χ0) is 13.1. The Bertz CT molecular complexity index is 419. The molecule has 0 spiro atoms. The fourth-order valence-electron chi connectivity index (χ4n) is 2.54. The molecule has 1 heterocycles. The van der Waals surface area contributed by atoms with Crippen molar-refractivity contribution in [2.45, 2.75) is 32.6 Å². The molecule has 100 valence electrons. The molecule has 0 bridgehead atoms. The second-order valence-corrected chi connectivity index (χ2v) is 5.44. The van der Waals surface area contributed by atoms with Crippen molar-refractivity contribution in [3.8, 4) is 0 Å². The molecule has 5 nitrogen and oxygen atoms in total. The van der Waals surface area contributed by atoms with Crippen LogP contribution < -0.4 is 11.1 Å². The van der Waals surface area contributed by atoms with E-state index in [9.17, 15) is 4.79 Å². The van der Waals surface area contributed by atoms with Crippen LogP contribution in [0.3, 0.4) is 0 Å². The van der Waals surface area contributed by atoms with Crippen molar-refractivity contribution in [1.29, 1.82) is 0 Å². The van der Waals surface area contributed by atoms with Crippen LogP contribution in [-0.4, -0.2) is 22.2 Å². The van der Waals surface area contributed by atoms with Crippen molar-refractivity contribution < 1.29 is 4.79 Å². The van der Waals surface area contributed by atoms with E-state index in [1.807, 2.05) is 0 Å². The summed E-state index contributed by atoms with van der Waals surface area (Å²) in [5.74, 6) is 1.28. The third kappa shape index (κ3) is 3.03. The number of hydrogen-bond donors (Lipinski definition) is 2. The van der Waals surface area contributed by atoms with Gasteiger partial charge in [0.25, 0.3) is 5.91 Å². The van der Waals surface area contributed by atoms with E-state index in [0.717, 1.165) is 12.5 Å². The Balaban J connectivity index is 1.83. The van der Waals surface area contributed by atoms with Crippen molar-refractivity contribution in [1.82, 2.24) is 15.1 Å². The molecule has 1 aromatic rings. The quantitative estimate of drug-likeness (QED) is 0.855. The van der Waals surface area contributed by atoms with E-state index in [-0.39, 0.29) is 5.91 Å². The van der Waals surface area contributed by atoms with Crippen LogP contribution in [0.25, 0.3) is 0 Å². The van der Waals surface area contributed by atoms with Crippen molar-refractivity contribution in [3.63, 3.8) is 0 Å². The number of aryl methyl sites for hydroxylation is 1. The highest BCUT2D eigenvalue weighted by Crippen LogP contribution is 2.27. The molecular weight excluding hydrogens is 228 g/mol. The predicted molar refractivity (Wildman–Crippen MR) is 71.1 cm³/mol. The standard InChI is InChI=1S/C13H22N4O/c1-9-3-5-10(6-4-9)7-15-13(18)12-11(14)8-17(2)16-12/h8-10H,3-7,14H2,1-2H3,(H,15,18). The number of hydrogen-bond acceptors (Lipinski definition) is 3. The van der Waals surface area contributed by atoms with Crippen LogP contribution in [0.2, 0.25) is 0 Å². The predicted octanol–water partition coefficient (Wildman–Crippen LogP) is 1.56. The Morgan fingerprint density at radius 1 is 1.50 bits per heavy atom. The van der Waals surface area contributed by atoms with Gasteiger partial charge in [-0.05, 0) is 24.7 Å². The molecular formula is C13H22N4O. The first kappa shape index (κ1) is 12.9. The number of nitrogens with two attached hydrogens (primary N) is 1. The molecule has 18 heavy (non-hydrogen) atoms. The molecule has 1 aliphatic carbocycles. The smallest absolute Gasteiger partial charge is 0.273 e. The molecule has 2 rings (SSSR count). The van der Waals surface area contributed by atoms with Crippen LogP contribution in [-0.2, 0) is 7.05 Å². The summed E-state index contributed by atoms with van der Waals surface area (Å²) in [5, 5.41) is 7.01. The molecule has 5 heteroatoms. The summed E-state index contributed by atoms with van der Waals surface area (Å²) in [4.78, 5) is 11.9. The number of nitrogen functional groups attached to an aromatic ring is 1. The van der Waals surface area contributed by atoms with Gasteiger partial charge in [0.2, 0.25) is 0 Å². The summed E-state index contributed by atoms with van der Waals surface area (Å²) >= 11 is 0. The summed E-state index contributed by atoms with van der Waals surface area (Å²) < 4.78 is 1.56. The number of carbonyl (C=O) groups excluding carboxylic acids is 1. The minimum atomic E-state index is -0.160. The molecule has 1 saturated carbocycles. The Morgan fingerprint density at radius 3 is 2.72 bits per heavy atom. The summed E-state index contributed by atoms with van der Waals surface area (Å²) in [7, 11) is 1.76. The van der Waals surface area contributed by atoms with E-state index >= 15 is 0 Å². The average Bonchev–Trinajstić information content (AvgIpc) is 2.67. The van der Waals surface area contributed by atoms with Gasteiger partial charge in [-0.3, -0.25) is 9.48 Å². The number of rotatable bonds is 3. The Morgan fingerprint density at radius 2 is 2.17 bits per heavy atom. The number of nitrogens with one attached hydrogen (secondary N) is 1. The van der Waals surface area contributed by atoms with Gasteiger partial charge in [0.15, 0.2) is 5.69 Å². The number of carbonyl (C=O) groups is 1. The number of amides is 1. The number of nitrogens with zero attached hydrogens (tertiary/aromatic N) is 2. The molecule has 1 amide bonds. The average molecular weight is 250 g/mol. The fourth-order valence-corrected chi connectivity index (χ4v) is 2.54. The third-order valence-corrected chi connectivity index (χ3v) is 3.76. The van der Waals surface area contributed by atoms with Crippen LogP contribution in [0.1, 0.15) is 43.1 Å². The van der Waals surface area contributed by atoms with E-state index in [4.69, 9.17) is 5.73 Å². The largest absolute Gasteiger partial charge is 0.396 e. The van der Waals surface area contributed by atoms with Gasteiger partial charge >= 0.3 is 0 Å². The Labute approximate surface area is 108 Å². The summed E-state index contributed by atoms with van der Waals surface area (Å²) in [6, 6.07) is 0. The van der Waals surface area contributed by atoms with Gasteiger partial charge < -0.3 is 11.1 Å². The lowest BCUT2D eigenvalue weighted by Crippen LogP contribution is -2.31. The van der Waals surface area contributed by atoms with Crippen LogP contribution in [0.15, 0.2) is 6.20 Å². The number of anilines is 1. The zero-order valence-corrected chi connectivity index (χ0v) is 11.1. The highest BCUT2D eigenvalue weighted by Gasteiger charge is 2.20. The van der Waals surface area contributed by atoms with Gasteiger partial charge in [0, 0.05) is 19.8 Å². The van der Waals surface area contributed by atoms with Gasteiger partial charge in [-0.1, -0.05) is 19.8 Å². The lowest BCUT2D eigenvalue weighted by atomic mass is 9.83. The second kappa shape index (κ2) is 5.42. The third-order valence-electron chi connectivity index (χ3n) is 3.76. The summed E-state index contributed by atoms with van der Waals surface area (Å²) in [6.45, 7) is 3.03. The summed E-state index contributed by atoms with van der Waals surface area (Å²) in [6.07, 6.45) is 6.61. The van der Waals surface area contributed by atoms with Gasteiger partial charge in [-0.15, -0.1) is 0 Å². The van der Waals surface area contributed by atoms with Crippen molar-refractivity contribution in [2.24, 2.45) is 18.9 Å². The molecule has 0 radical (unpaired) electrons. The Kier molecular flexibility index (Phi) is 3.89. The molecule has 0 unspecified atom stereocenters. The summed E-state index contributed by atoms with van der Waals surface area (Å²) in [5.41, 5.74) is 6.50. The van der Waals surface area contributed by atoms with Crippen molar-refractivity contribution in [2.75, 3.05) is 12.3 Å². The van der Waals surface area contributed by atoms with E-state index < -0.39 is 0 Å². The molecule has 3 N–H and O–H groups in total. The first-order chi connectivity index (χ1) is 8.56. The topological polar surface area (TPSA) is 72.9 Å². The molecule has 0 saturated heterocycles. The van der Waals surface area contributed by atoms with Crippen molar-refractivity contribution in [3.05, 3.63) is 11.9 Å². The lowest BCUT2D eigenvalue weighted by Gasteiger charge is -2.26. The molecule has 1 aliphatic rings. The minimum Gasteiger partial charge on any atom is -0.396 e. The first-order valence-corrected chi connectivity index (χ1v) is 6.63. The van der Waals surface area contributed by atoms with Crippen LogP contribution in [0.5, 0.6) is 0 Å². The van der Waals surface area contributed by atoms with Gasteiger partial charge in [-0.2, -0.15) is 5.10 Å². The maximum Gasteiger partial charge on any atom is 0.273 e. The lowest BCUT2D eigenvalue weighted by molar-refractivity contribution is 0.0937. The normalized spacial score (nSPS) is 23.9. The molecule has 0 atom stereocenters. The molecule has 0 aromatic carbocycles. The maximum absolute atomic E-state index is 11.9. The van der Waals surface area contributed by atoms with Crippen LogP contribution in [0.4, 0.5) is 5.69 Å². The van der Waals surface area contributed by atoms with E-state index in [1.165, 1.54) is 25.7 Å². The van der Waals surface area contributed by atoms with Gasteiger partial charge in [0.05, 0.1) is 5.69 Å². The van der Waals surface area contributed by atoms with Crippen molar-refractivity contribution >= 4 is 11.6 Å². The molecule has 1 fully saturated rings. The number of aromatic nitrogens is 2. The van der Waals surface area contributed by atoms with Crippen LogP contribution in [0, 0.1) is 11.8 Å². The molecule has 1 aromatic heterocycles. The van der Waals surface area contributed by atoms with E-state index in [0.29, 0.717) is 17.3 Å². The Hall–Kier alpha value is -1.52. The van der Waals surface area contributed by atoms with Crippen LogP contribution >= 0.6 is 0 Å². The van der Waals surface area contributed by atoms with Gasteiger partial charge in [0.1, 0.15) is 0 Å². The zero-order valence-electron chi connectivity index (χ0n) is 11.1. The van der Waals surface area contributed by atoms with Gasteiger partial charge in [-0.25, -0.2) is 0 Å². The second-order valence-electron chi connectivity index (χ2n) is 5.44.